The number of hydrogen-bond donors (Lipinski definition) is 1. The Labute approximate surface area is 85.5 Å². The zero-order chi connectivity index (χ0) is 8.74. The normalized spacial score (nSPS) is 10.9. The molecule has 0 saturated heterocycles. The van der Waals surface area contributed by atoms with E-state index in [0.29, 0.717) is 12.3 Å². The molecule has 0 aromatic heterocycles. The van der Waals surface area contributed by atoms with E-state index in [1.807, 2.05) is 13.8 Å². The standard InChI is InChI=1S/C8H19O2P.Ni/c1-3-5-7-11(9,10)8-6-4-2;/h3-8H2,1-2H3,(H,9,10);. The van der Waals surface area contributed by atoms with Gasteiger partial charge in [-0.1, -0.05) is 26.7 Å². The second kappa shape index (κ2) is 8.29. The first-order valence-electron chi connectivity index (χ1n) is 4.43. The van der Waals surface area contributed by atoms with Gasteiger partial charge in [-0.2, -0.15) is 0 Å². The van der Waals surface area contributed by atoms with E-state index in [0.717, 1.165) is 25.7 Å². The van der Waals surface area contributed by atoms with Gasteiger partial charge in [-0.3, -0.25) is 4.57 Å². The number of unbranched alkanes of at least 4 members (excludes halogenated alkanes) is 2. The third-order valence-corrected chi connectivity index (χ3v) is 3.75. The van der Waals surface area contributed by atoms with Crippen molar-refractivity contribution in [2.45, 2.75) is 39.5 Å². The third kappa shape index (κ3) is 8.78. The van der Waals surface area contributed by atoms with Gasteiger partial charge in [0, 0.05) is 28.8 Å². The van der Waals surface area contributed by atoms with E-state index in [9.17, 15) is 9.46 Å². The minimum Gasteiger partial charge on any atom is -0.344 e. The Kier molecular flexibility index (Phi) is 10.5. The van der Waals surface area contributed by atoms with Gasteiger partial charge in [0.2, 0.25) is 7.37 Å². The molecule has 2 nitrogen and oxygen atoms in total. The number of rotatable bonds is 6. The van der Waals surface area contributed by atoms with E-state index >= 15 is 0 Å². The molecule has 78 valence electrons. The van der Waals surface area contributed by atoms with Crippen molar-refractivity contribution in [1.82, 2.24) is 0 Å². The molecule has 0 bridgehead atoms. The predicted molar refractivity (Wildman–Crippen MR) is 49.4 cm³/mol. The molecule has 0 atom stereocenters. The largest absolute Gasteiger partial charge is 0.344 e. The fourth-order valence-corrected chi connectivity index (χ4v) is 2.77. The van der Waals surface area contributed by atoms with Gasteiger partial charge in [0.05, 0.1) is 0 Å². The van der Waals surface area contributed by atoms with Crippen LogP contribution in [0.1, 0.15) is 39.5 Å². The van der Waals surface area contributed by atoms with Gasteiger partial charge in [-0.05, 0) is 12.8 Å². The predicted octanol–water partition coefficient (Wildman–Crippen LogP) is 2.85. The van der Waals surface area contributed by atoms with Crippen LogP contribution >= 0.6 is 7.37 Å². The molecule has 4 heteroatoms. The molecule has 12 heavy (non-hydrogen) atoms. The maximum atomic E-state index is 11.3. The van der Waals surface area contributed by atoms with Gasteiger partial charge in [-0.15, -0.1) is 0 Å². The molecule has 1 N–H and O–H groups in total. The van der Waals surface area contributed by atoms with Gasteiger partial charge in [0.15, 0.2) is 0 Å². The van der Waals surface area contributed by atoms with Crippen molar-refractivity contribution in [3.63, 3.8) is 0 Å². The van der Waals surface area contributed by atoms with Crippen LogP contribution in [0.2, 0.25) is 0 Å². The zero-order valence-corrected chi connectivity index (χ0v) is 9.74. The molecular weight excluding hydrogens is 218 g/mol. The van der Waals surface area contributed by atoms with Crippen molar-refractivity contribution in [1.29, 1.82) is 0 Å². The van der Waals surface area contributed by atoms with Crippen LogP contribution in [0.3, 0.4) is 0 Å². The SMILES string of the molecule is CCCCP(=O)(O)CCCC.[Ni]. The van der Waals surface area contributed by atoms with E-state index in [-0.39, 0.29) is 16.5 Å². The molecule has 0 radical (unpaired) electrons. The van der Waals surface area contributed by atoms with Crippen molar-refractivity contribution in [2.24, 2.45) is 0 Å². The molecule has 0 spiro atoms. The van der Waals surface area contributed by atoms with Crippen LogP contribution in [0.25, 0.3) is 0 Å². The van der Waals surface area contributed by atoms with Crippen LogP contribution in [0, 0.1) is 0 Å². The zero-order valence-electron chi connectivity index (χ0n) is 7.86. The molecule has 0 aliphatic rings. The molecule has 0 rings (SSSR count). The Balaban J connectivity index is 0. The molecule has 0 aromatic rings. The molecule has 0 unspecified atom stereocenters. The summed E-state index contributed by atoms with van der Waals surface area (Å²) in [7, 11) is -2.73. The summed E-state index contributed by atoms with van der Waals surface area (Å²) in [5.74, 6) is 0. The monoisotopic (exact) mass is 236 g/mol. The van der Waals surface area contributed by atoms with Gasteiger partial charge in [0.25, 0.3) is 0 Å². The summed E-state index contributed by atoms with van der Waals surface area (Å²) in [6.45, 7) is 4.08. The minimum atomic E-state index is -2.73. The van der Waals surface area contributed by atoms with Crippen LogP contribution in [0.4, 0.5) is 0 Å². The van der Waals surface area contributed by atoms with Gasteiger partial charge < -0.3 is 4.89 Å². The van der Waals surface area contributed by atoms with E-state index in [2.05, 4.69) is 0 Å². The van der Waals surface area contributed by atoms with Crippen LogP contribution in [-0.2, 0) is 21.1 Å². The van der Waals surface area contributed by atoms with Crippen molar-refractivity contribution in [3.8, 4) is 0 Å². The van der Waals surface area contributed by atoms with E-state index in [4.69, 9.17) is 0 Å². The number of hydrogen-bond acceptors (Lipinski definition) is 1. The van der Waals surface area contributed by atoms with Crippen LogP contribution in [0.5, 0.6) is 0 Å². The van der Waals surface area contributed by atoms with Crippen molar-refractivity contribution in [2.75, 3.05) is 12.3 Å². The summed E-state index contributed by atoms with van der Waals surface area (Å²) in [5, 5.41) is 0. The van der Waals surface area contributed by atoms with Crippen molar-refractivity contribution < 1.29 is 25.9 Å². The molecular formula is C8H19NiO2P. The first-order chi connectivity index (χ1) is 5.12. The Hall–Kier alpha value is 0.684. The first kappa shape index (κ1) is 15.2. The van der Waals surface area contributed by atoms with E-state index in [1.54, 1.807) is 0 Å². The summed E-state index contributed by atoms with van der Waals surface area (Å²) in [5.41, 5.74) is 0. The van der Waals surface area contributed by atoms with Gasteiger partial charge >= 0.3 is 0 Å². The molecule has 0 aliphatic heterocycles. The minimum absolute atomic E-state index is 0. The van der Waals surface area contributed by atoms with Crippen molar-refractivity contribution in [3.05, 3.63) is 0 Å². The Morgan fingerprint density at radius 1 is 1.08 bits per heavy atom. The van der Waals surface area contributed by atoms with Crippen LogP contribution in [0.15, 0.2) is 0 Å². The van der Waals surface area contributed by atoms with Gasteiger partial charge in [0.1, 0.15) is 0 Å². The summed E-state index contributed by atoms with van der Waals surface area (Å²) < 4.78 is 11.3. The van der Waals surface area contributed by atoms with E-state index in [1.165, 1.54) is 0 Å². The fourth-order valence-electron chi connectivity index (χ4n) is 0.922. The Bertz CT molecular complexity index is 127. The Morgan fingerprint density at radius 3 is 1.67 bits per heavy atom. The molecule has 0 aliphatic carbocycles. The average molecular weight is 237 g/mol. The van der Waals surface area contributed by atoms with Crippen LogP contribution in [-0.4, -0.2) is 17.2 Å². The summed E-state index contributed by atoms with van der Waals surface area (Å²) in [6, 6.07) is 0. The summed E-state index contributed by atoms with van der Waals surface area (Å²) >= 11 is 0. The maximum absolute atomic E-state index is 11.3. The quantitative estimate of drug-likeness (QED) is 0.569. The molecule has 0 saturated carbocycles. The van der Waals surface area contributed by atoms with Crippen molar-refractivity contribution >= 4 is 7.37 Å². The third-order valence-electron chi connectivity index (χ3n) is 1.72. The van der Waals surface area contributed by atoms with Crippen LogP contribution < -0.4 is 0 Å². The van der Waals surface area contributed by atoms with Gasteiger partial charge in [-0.25, -0.2) is 0 Å². The molecule has 0 heterocycles. The maximum Gasteiger partial charge on any atom is 0.200 e. The summed E-state index contributed by atoms with van der Waals surface area (Å²) in [4.78, 5) is 9.33. The second-order valence-corrected chi connectivity index (χ2v) is 5.59. The molecule has 0 fully saturated rings. The smallest absolute Gasteiger partial charge is 0.200 e. The Morgan fingerprint density at radius 2 is 1.42 bits per heavy atom. The van der Waals surface area contributed by atoms with E-state index < -0.39 is 7.37 Å². The second-order valence-electron chi connectivity index (χ2n) is 3.00. The molecule has 0 amide bonds. The average Bonchev–Trinajstić information content (AvgIpc) is 1.97. The summed E-state index contributed by atoms with van der Waals surface area (Å²) in [6.07, 6.45) is 4.83. The fraction of sp³-hybridized carbons (Fsp3) is 1.00. The topological polar surface area (TPSA) is 37.3 Å². The molecule has 0 aromatic carbocycles. The first-order valence-corrected chi connectivity index (χ1v) is 6.46.